The van der Waals surface area contributed by atoms with E-state index in [0.717, 1.165) is 0 Å². The molecule has 5 heteroatoms. The Bertz CT molecular complexity index is 1310. The van der Waals surface area contributed by atoms with Crippen molar-refractivity contribution in [3.63, 3.8) is 0 Å². The van der Waals surface area contributed by atoms with Crippen LogP contribution < -0.4 is 30.6 Å². The van der Waals surface area contributed by atoms with Gasteiger partial charge < -0.3 is 9.41 Å². The molecule has 0 nitrogen and oxygen atoms in total. The number of hydrogen-bond donors (Lipinski definition) is 0. The minimum absolute atomic E-state index is 0. The Labute approximate surface area is 221 Å². The largest absolute Gasteiger partial charge is 4.00 e. The van der Waals surface area contributed by atoms with Gasteiger partial charge in [0.25, 0.3) is 0 Å². The van der Waals surface area contributed by atoms with E-state index < -0.39 is 15.2 Å². The molecule has 0 heterocycles. The summed E-state index contributed by atoms with van der Waals surface area (Å²) in [6.45, 7) is 0. The number of hydrogen-bond acceptors (Lipinski definition) is 0. The minimum atomic E-state index is -0.586. The summed E-state index contributed by atoms with van der Waals surface area (Å²) in [6, 6.07) is 49.5. The summed E-state index contributed by atoms with van der Waals surface area (Å²) in [5, 5.41) is 11.2. The Hall–Kier alpha value is -2.47. The molecule has 0 saturated carbocycles. The smallest absolute Gasteiger partial charge is 1.00 e. The second-order valence-corrected chi connectivity index (χ2v) is 13.7. The molecule has 0 amide bonds. The van der Waals surface area contributed by atoms with Crippen molar-refractivity contribution in [1.29, 1.82) is 0 Å². The van der Waals surface area contributed by atoms with Crippen LogP contribution in [0.4, 0.5) is 0 Å². The fourth-order valence-corrected chi connectivity index (χ4v) is 12.1. The van der Waals surface area contributed by atoms with E-state index in [1.165, 1.54) is 42.8 Å². The van der Waals surface area contributed by atoms with E-state index in [-0.39, 0.29) is 31.1 Å². The first kappa shape index (κ1) is 27.1. The van der Waals surface area contributed by atoms with Crippen LogP contribution in [0.5, 0.6) is 0 Å². The monoisotopic (exact) mass is 530 g/mol. The molecule has 0 spiro atoms. The maximum absolute atomic E-state index is 2.43. The Morgan fingerprint density at radius 2 is 0.771 bits per heavy atom. The molecule has 0 aliphatic heterocycles. The summed E-state index contributed by atoms with van der Waals surface area (Å²) in [5.41, 5.74) is 0. The number of rotatable bonds is 5. The molecule has 6 aromatic rings. The Balaban J connectivity index is 0.00000114. The van der Waals surface area contributed by atoms with Crippen molar-refractivity contribution in [1.82, 2.24) is 0 Å². The van der Waals surface area contributed by atoms with Crippen molar-refractivity contribution >= 4 is 58.0 Å². The molecule has 2 atom stereocenters. The minimum Gasteiger partial charge on any atom is -1.00 e. The van der Waals surface area contributed by atoms with Crippen LogP contribution in [0.15, 0.2) is 133 Å². The molecule has 0 bridgehead atoms. The first-order valence-corrected chi connectivity index (χ1v) is 14.3. The van der Waals surface area contributed by atoms with Crippen LogP contribution in [0.1, 0.15) is 0 Å². The fourth-order valence-electron chi connectivity index (χ4n) is 4.41. The number of benzene rings is 4. The molecular weight excluding hydrogens is 508 g/mol. The summed E-state index contributed by atoms with van der Waals surface area (Å²) in [5.74, 6) is 0. The van der Waals surface area contributed by atoms with Crippen LogP contribution in [-0.4, -0.2) is 0 Å². The SMILES string of the molecule is [F-].[F-].[Ti+4].c1ccc(P(c2cc3ccccc3[cH-]2)P(c2ccccc2)c2cc3ccccc3[cH-]2)cc1. The van der Waals surface area contributed by atoms with E-state index >= 15 is 0 Å². The molecule has 0 saturated heterocycles. The Morgan fingerprint density at radius 1 is 0.429 bits per heavy atom. The van der Waals surface area contributed by atoms with Crippen molar-refractivity contribution in [3.8, 4) is 0 Å². The van der Waals surface area contributed by atoms with E-state index in [0.29, 0.717) is 0 Å². The van der Waals surface area contributed by atoms with Gasteiger partial charge in [0.1, 0.15) is 0 Å². The van der Waals surface area contributed by atoms with Crippen molar-refractivity contribution in [2.45, 2.75) is 0 Å². The summed E-state index contributed by atoms with van der Waals surface area (Å²) in [4.78, 5) is 0. The van der Waals surface area contributed by atoms with Crippen LogP contribution >= 0.6 is 15.2 Å². The molecule has 6 rings (SSSR count). The van der Waals surface area contributed by atoms with Crippen LogP contribution in [0.25, 0.3) is 21.5 Å². The maximum Gasteiger partial charge on any atom is 4.00 e. The first-order valence-electron chi connectivity index (χ1n) is 10.9. The Morgan fingerprint density at radius 3 is 1.14 bits per heavy atom. The van der Waals surface area contributed by atoms with Gasteiger partial charge in [-0.15, -0.1) is 80.7 Å². The normalized spacial score (nSPS) is 12.2. The molecule has 0 N–H and O–H groups in total. The van der Waals surface area contributed by atoms with Gasteiger partial charge in [0.15, 0.2) is 0 Å². The molecule has 2 unspecified atom stereocenters. The average molecular weight is 530 g/mol. The van der Waals surface area contributed by atoms with E-state index in [1.807, 2.05) is 0 Å². The molecule has 0 aliphatic rings. The van der Waals surface area contributed by atoms with Crippen LogP contribution in [0, 0.1) is 0 Å². The summed E-state index contributed by atoms with van der Waals surface area (Å²) < 4.78 is 0. The van der Waals surface area contributed by atoms with Gasteiger partial charge in [0.05, 0.1) is 0 Å². The van der Waals surface area contributed by atoms with Crippen LogP contribution in [-0.2, 0) is 21.7 Å². The summed E-state index contributed by atoms with van der Waals surface area (Å²) in [7, 11) is -1.17. The summed E-state index contributed by atoms with van der Waals surface area (Å²) in [6.07, 6.45) is 0. The molecule has 0 fully saturated rings. The van der Waals surface area contributed by atoms with Crippen molar-refractivity contribution in [2.75, 3.05) is 0 Å². The molecule has 0 radical (unpaired) electrons. The standard InChI is InChI=1S/C30H22P2.2FH.Ti/c1-3-15-27(16-4-1)31(29-19-23-11-7-8-12-24(23)20-29)32(28-17-5-2-6-18-28)30-21-25-13-9-10-14-26(25)22-30;;;/h1-22H;2*1H;/q-2;;;+4/p-2. The topological polar surface area (TPSA) is 0 Å². The molecule has 35 heavy (non-hydrogen) atoms. The fraction of sp³-hybridized carbons (Fsp3) is 0. The van der Waals surface area contributed by atoms with Crippen molar-refractivity contribution in [2.24, 2.45) is 0 Å². The van der Waals surface area contributed by atoms with Crippen molar-refractivity contribution in [3.05, 3.63) is 133 Å². The quantitative estimate of drug-likeness (QED) is 0.177. The zero-order chi connectivity index (χ0) is 21.3. The van der Waals surface area contributed by atoms with Crippen molar-refractivity contribution < 1.29 is 31.1 Å². The van der Waals surface area contributed by atoms with E-state index in [2.05, 4.69) is 133 Å². The summed E-state index contributed by atoms with van der Waals surface area (Å²) >= 11 is 0. The van der Waals surface area contributed by atoms with Gasteiger partial charge in [0, 0.05) is 0 Å². The van der Waals surface area contributed by atoms with Crippen LogP contribution in [0.2, 0.25) is 0 Å². The second-order valence-electron chi connectivity index (χ2n) is 7.98. The third-order valence-electron chi connectivity index (χ3n) is 5.90. The molecule has 0 aromatic heterocycles. The van der Waals surface area contributed by atoms with Gasteiger partial charge in [-0.25, -0.2) is 0 Å². The predicted molar refractivity (Wildman–Crippen MR) is 144 cm³/mol. The number of halogens is 2. The van der Waals surface area contributed by atoms with Gasteiger partial charge in [-0.2, -0.15) is 12.1 Å². The van der Waals surface area contributed by atoms with Crippen LogP contribution in [0.3, 0.4) is 0 Å². The Kier molecular flexibility index (Phi) is 9.29. The van der Waals surface area contributed by atoms with E-state index in [1.54, 1.807) is 0 Å². The predicted octanol–water partition coefficient (Wildman–Crippen LogP) is 0.917. The van der Waals surface area contributed by atoms with Gasteiger partial charge in [-0.3, -0.25) is 0 Å². The zero-order valence-corrected chi connectivity index (χ0v) is 22.2. The maximum atomic E-state index is 2.43. The van der Waals surface area contributed by atoms with Gasteiger partial charge in [-0.05, 0) is 25.8 Å². The third-order valence-corrected chi connectivity index (χ3v) is 13.3. The second kappa shape index (κ2) is 12.0. The average Bonchev–Trinajstić information content (AvgIpc) is 3.47. The molecule has 6 aromatic carbocycles. The molecule has 170 valence electrons. The zero-order valence-electron chi connectivity index (χ0n) is 18.9. The third kappa shape index (κ3) is 5.38. The van der Waals surface area contributed by atoms with Gasteiger partial charge in [-0.1, -0.05) is 72.8 Å². The molecule has 0 aliphatic carbocycles. The van der Waals surface area contributed by atoms with Gasteiger partial charge >= 0.3 is 21.7 Å². The van der Waals surface area contributed by atoms with E-state index in [9.17, 15) is 0 Å². The molecular formula is C30H22F2P2Ti. The first-order chi connectivity index (χ1) is 15.9. The number of fused-ring (bicyclic) bond motifs is 2. The van der Waals surface area contributed by atoms with E-state index in [4.69, 9.17) is 0 Å². The van der Waals surface area contributed by atoms with Gasteiger partial charge in [0.2, 0.25) is 0 Å².